The summed E-state index contributed by atoms with van der Waals surface area (Å²) in [6.07, 6.45) is 2.50. The van der Waals surface area contributed by atoms with E-state index in [1.165, 1.54) is 18.6 Å². The highest BCUT2D eigenvalue weighted by Crippen LogP contribution is 2.29. The average molecular weight is 296 g/mol. The van der Waals surface area contributed by atoms with Crippen molar-refractivity contribution < 1.29 is 19.6 Å². The number of carboxylic acids is 1. The first-order chi connectivity index (χ1) is 9.49. The van der Waals surface area contributed by atoms with Crippen LogP contribution in [-0.2, 0) is 0 Å². The summed E-state index contributed by atoms with van der Waals surface area (Å²) in [4.78, 5) is 28.3. The Hall–Kier alpha value is -2.74. The molecule has 0 saturated carbocycles. The summed E-state index contributed by atoms with van der Waals surface area (Å²) in [5, 5.41) is 19.8. The molecule has 0 unspecified atom stereocenters. The number of benzene rings is 1. The number of aromatic nitrogens is 2. The van der Waals surface area contributed by atoms with Crippen molar-refractivity contribution in [2.45, 2.75) is 0 Å². The summed E-state index contributed by atoms with van der Waals surface area (Å²) in [5.41, 5.74) is -1.02. The van der Waals surface area contributed by atoms with Gasteiger partial charge in [-0.1, -0.05) is 11.6 Å². The molecule has 0 spiro atoms. The third kappa shape index (κ3) is 2.81. The molecule has 20 heavy (non-hydrogen) atoms. The number of nitro benzene ring substituents is 1. The van der Waals surface area contributed by atoms with Crippen molar-refractivity contribution in [2.75, 3.05) is 0 Å². The van der Waals surface area contributed by atoms with Gasteiger partial charge in [0.05, 0.1) is 11.1 Å². The summed E-state index contributed by atoms with van der Waals surface area (Å²) in [5.74, 6) is -1.35. The van der Waals surface area contributed by atoms with Crippen LogP contribution in [0.3, 0.4) is 0 Å². The SMILES string of the molecule is O=C(O)c1cc(Oc2ncncc2Cl)ccc1[N+](=O)[O-]. The Kier molecular flexibility index (Phi) is 3.76. The minimum atomic E-state index is -1.43. The van der Waals surface area contributed by atoms with Crippen molar-refractivity contribution in [2.24, 2.45) is 0 Å². The van der Waals surface area contributed by atoms with Gasteiger partial charge >= 0.3 is 5.97 Å². The van der Waals surface area contributed by atoms with Crippen LogP contribution < -0.4 is 4.74 Å². The van der Waals surface area contributed by atoms with E-state index in [-0.39, 0.29) is 16.7 Å². The molecule has 0 bridgehead atoms. The second-order valence-electron chi connectivity index (χ2n) is 3.52. The third-order valence-corrected chi connectivity index (χ3v) is 2.50. The molecule has 2 aromatic rings. The lowest BCUT2D eigenvalue weighted by atomic mass is 10.1. The van der Waals surface area contributed by atoms with Gasteiger partial charge in [-0.25, -0.2) is 14.8 Å². The second kappa shape index (κ2) is 5.49. The molecule has 2 rings (SSSR count). The Morgan fingerprint density at radius 3 is 2.80 bits per heavy atom. The number of hydrogen-bond acceptors (Lipinski definition) is 6. The monoisotopic (exact) mass is 295 g/mol. The number of carboxylic acid groups (broad SMARTS) is 1. The fraction of sp³-hybridized carbons (Fsp3) is 0. The summed E-state index contributed by atoms with van der Waals surface area (Å²) in [6.45, 7) is 0. The zero-order valence-corrected chi connectivity index (χ0v) is 10.4. The molecule has 0 aliphatic rings. The highest BCUT2D eigenvalue weighted by molar-refractivity contribution is 6.31. The maximum Gasteiger partial charge on any atom is 0.342 e. The third-order valence-electron chi connectivity index (χ3n) is 2.24. The highest BCUT2D eigenvalue weighted by Gasteiger charge is 2.21. The Bertz CT molecular complexity index is 692. The first kappa shape index (κ1) is 13.7. The topological polar surface area (TPSA) is 115 Å². The number of ether oxygens (including phenoxy) is 1. The van der Waals surface area contributed by atoms with Gasteiger partial charge in [-0.05, 0) is 6.07 Å². The molecule has 102 valence electrons. The van der Waals surface area contributed by atoms with Gasteiger partial charge in [0.1, 0.15) is 22.7 Å². The van der Waals surface area contributed by atoms with Gasteiger partial charge in [0.2, 0.25) is 5.88 Å². The van der Waals surface area contributed by atoms with Gasteiger partial charge in [-0.3, -0.25) is 10.1 Å². The first-order valence-corrected chi connectivity index (χ1v) is 5.52. The molecule has 1 aromatic carbocycles. The lowest BCUT2D eigenvalue weighted by Gasteiger charge is -2.06. The van der Waals surface area contributed by atoms with Gasteiger partial charge in [-0.15, -0.1) is 0 Å². The van der Waals surface area contributed by atoms with Crippen LogP contribution in [-0.4, -0.2) is 26.0 Å². The highest BCUT2D eigenvalue weighted by atomic mass is 35.5. The van der Waals surface area contributed by atoms with E-state index in [1.807, 2.05) is 0 Å². The molecular formula is C11H6ClN3O5. The van der Waals surface area contributed by atoms with Crippen molar-refractivity contribution in [3.8, 4) is 11.6 Å². The minimum Gasteiger partial charge on any atom is -0.477 e. The van der Waals surface area contributed by atoms with Crippen LogP contribution in [0.1, 0.15) is 10.4 Å². The fourth-order valence-corrected chi connectivity index (χ4v) is 1.54. The predicted octanol–water partition coefficient (Wildman–Crippen LogP) is 2.53. The molecular weight excluding hydrogens is 290 g/mol. The van der Waals surface area contributed by atoms with Crippen LogP contribution in [0.2, 0.25) is 5.02 Å². The van der Waals surface area contributed by atoms with E-state index in [1.54, 1.807) is 0 Å². The standard InChI is InChI=1S/C11H6ClN3O5/c12-8-4-13-5-14-10(8)20-6-1-2-9(15(18)19)7(3-6)11(16)17/h1-5H,(H,16,17). The Balaban J connectivity index is 2.40. The van der Waals surface area contributed by atoms with Crippen molar-refractivity contribution in [3.63, 3.8) is 0 Å². The number of nitrogens with zero attached hydrogens (tertiary/aromatic N) is 3. The van der Waals surface area contributed by atoms with Gasteiger partial charge in [0, 0.05) is 12.1 Å². The van der Waals surface area contributed by atoms with Gasteiger partial charge in [0.15, 0.2) is 0 Å². The van der Waals surface area contributed by atoms with Crippen LogP contribution in [0.4, 0.5) is 5.69 Å². The Morgan fingerprint density at radius 2 is 2.20 bits per heavy atom. The summed E-state index contributed by atoms with van der Waals surface area (Å²) >= 11 is 5.78. The Morgan fingerprint density at radius 1 is 1.45 bits per heavy atom. The molecule has 1 N–H and O–H groups in total. The van der Waals surface area contributed by atoms with E-state index in [0.717, 1.165) is 12.1 Å². The molecule has 0 amide bonds. The summed E-state index contributed by atoms with van der Waals surface area (Å²) in [6, 6.07) is 3.32. The van der Waals surface area contributed by atoms with Gasteiger partial charge in [0.25, 0.3) is 5.69 Å². The van der Waals surface area contributed by atoms with Crippen molar-refractivity contribution in [3.05, 3.63) is 51.4 Å². The molecule has 0 aliphatic carbocycles. The molecule has 0 radical (unpaired) electrons. The number of carbonyl (C=O) groups is 1. The maximum atomic E-state index is 11.0. The average Bonchev–Trinajstić information content (AvgIpc) is 2.41. The predicted molar refractivity (Wildman–Crippen MR) is 67.2 cm³/mol. The van der Waals surface area contributed by atoms with E-state index in [4.69, 9.17) is 21.4 Å². The van der Waals surface area contributed by atoms with E-state index in [2.05, 4.69) is 9.97 Å². The van der Waals surface area contributed by atoms with Crippen LogP contribution >= 0.6 is 11.6 Å². The smallest absolute Gasteiger partial charge is 0.342 e. The molecule has 0 atom stereocenters. The van der Waals surface area contributed by atoms with Gasteiger partial charge in [-0.2, -0.15) is 0 Å². The van der Waals surface area contributed by atoms with Gasteiger partial charge < -0.3 is 9.84 Å². The quantitative estimate of drug-likeness (QED) is 0.680. The second-order valence-corrected chi connectivity index (χ2v) is 3.93. The Labute approximate surface area is 116 Å². The van der Waals surface area contributed by atoms with Crippen LogP contribution in [0, 0.1) is 10.1 Å². The van der Waals surface area contributed by atoms with E-state index < -0.39 is 22.1 Å². The zero-order chi connectivity index (χ0) is 14.7. The molecule has 8 nitrogen and oxygen atoms in total. The number of nitro groups is 1. The molecule has 0 fully saturated rings. The van der Waals surface area contributed by atoms with Crippen molar-refractivity contribution >= 4 is 23.3 Å². The number of hydrogen-bond donors (Lipinski definition) is 1. The molecule has 0 saturated heterocycles. The molecule has 0 aliphatic heterocycles. The van der Waals surface area contributed by atoms with Crippen LogP contribution in [0.5, 0.6) is 11.6 Å². The van der Waals surface area contributed by atoms with E-state index in [0.29, 0.717) is 0 Å². The zero-order valence-electron chi connectivity index (χ0n) is 9.69. The maximum absolute atomic E-state index is 11.0. The summed E-state index contributed by atoms with van der Waals surface area (Å²) in [7, 11) is 0. The number of aromatic carboxylic acids is 1. The van der Waals surface area contributed by atoms with Crippen molar-refractivity contribution in [1.29, 1.82) is 0 Å². The number of rotatable bonds is 4. The summed E-state index contributed by atoms with van der Waals surface area (Å²) < 4.78 is 5.27. The normalized spacial score (nSPS) is 10.1. The fourth-order valence-electron chi connectivity index (χ4n) is 1.40. The van der Waals surface area contributed by atoms with E-state index >= 15 is 0 Å². The van der Waals surface area contributed by atoms with Crippen LogP contribution in [0.25, 0.3) is 0 Å². The number of halogens is 1. The van der Waals surface area contributed by atoms with Crippen LogP contribution in [0.15, 0.2) is 30.7 Å². The molecule has 9 heteroatoms. The molecule has 1 aromatic heterocycles. The first-order valence-electron chi connectivity index (χ1n) is 5.14. The van der Waals surface area contributed by atoms with Crippen molar-refractivity contribution in [1.82, 2.24) is 9.97 Å². The largest absolute Gasteiger partial charge is 0.477 e. The molecule has 1 heterocycles. The minimum absolute atomic E-state index is 0.0202. The van der Waals surface area contributed by atoms with E-state index in [9.17, 15) is 14.9 Å². The lowest BCUT2D eigenvalue weighted by molar-refractivity contribution is -0.385. The lowest BCUT2D eigenvalue weighted by Crippen LogP contribution is -2.03.